The van der Waals surface area contributed by atoms with Gasteiger partial charge < -0.3 is 34.3 Å². The molecule has 342 valence electrons. The molecule has 0 radical (unpaired) electrons. The van der Waals surface area contributed by atoms with Crippen molar-refractivity contribution in [2.75, 3.05) is 26.4 Å². The Morgan fingerprint density at radius 1 is 0.650 bits per heavy atom. The maximum Gasteiger partial charge on any atom is 0.397 e. The summed E-state index contributed by atoms with van der Waals surface area (Å²) in [6.07, 6.45) is 41.7. The Labute approximate surface area is 361 Å². The molecule has 12 nitrogen and oxygen atoms in total. The van der Waals surface area contributed by atoms with Crippen LogP contribution in [0.5, 0.6) is 0 Å². The summed E-state index contributed by atoms with van der Waals surface area (Å²) in [7, 11) is -5.08. The number of hydrogen-bond acceptors (Lipinski definition) is 11. The van der Waals surface area contributed by atoms with Crippen molar-refractivity contribution in [1.82, 2.24) is 0 Å². The molecule has 0 aromatic rings. The van der Waals surface area contributed by atoms with E-state index in [-0.39, 0.29) is 19.6 Å². The van der Waals surface area contributed by atoms with Crippen molar-refractivity contribution in [3.63, 3.8) is 0 Å². The summed E-state index contributed by atoms with van der Waals surface area (Å²) in [5.41, 5.74) is 0. The van der Waals surface area contributed by atoms with Gasteiger partial charge in [-0.1, -0.05) is 137 Å². The third-order valence-electron chi connectivity index (χ3n) is 9.17. The highest BCUT2D eigenvalue weighted by atomic mass is 32.3. The van der Waals surface area contributed by atoms with Crippen molar-refractivity contribution in [2.45, 2.75) is 166 Å². The van der Waals surface area contributed by atoms with Gasteiger partial charge >= 0.3 is 16.4 Å². The summed E-state index contributed by atoms with van der Waals surface area (Å²) in [4.78, 5) is 12.8. The van der Waals surface area contributed by atoms with Gasteiger partial charge in [-0.25, -0.2) is 4.18 Å². The first-order valence-corrected chi connectivity index (χ1v) is 23.4. The highest BCUT2D eigenvalue weighted by Crippen LogP contribution is 2.26. The van der Waals surface area contributed by atoms with Crippen LogP contribution in [0.15, 0.2) is 97.2 Å². The zero-order valence-electron chi connectivity index (χ0n) is 36.2. The molecule has 6 unspecified atom stereocenters. The normalized spacial score (nSPS) is 21.2. The van der Waals surface area contributed by atoms with Crippen molar-refractivity contribution in [2.24, 2.45) is 0 Å². The van der Waals surface area contributed by atoms with E-state index in [9.17, 15) is 28.5 Å². The molecule has 6 atom stereocenters. The zero-order chi connectivity index (χ0) is 43.9. The van der Waals surface area contributed by atoms with Gasteiger partial charge in [-0.15, -0.1) is 0 Å². The molecule has 0 aromatic carbocycles. The summed E-state index contributed by atoms with van der Waals surface area (Å²) in [5.74, 6) is -0.439. The van der Waals surface area contributed by atoms with Gasteiger partial charge in [0.25, 0.3) is 0 Å². The number of aliphatic hydroxyl groups is 3. The Hall–Kier alpha value is -2.98. The van der Waals surface area contributed by atoms with E-state index in [1.165, 1.54) is 0 Å². The van der Waals surface area contributed by atoms with Gasteiger partial charge in [-0.05, 0) is 83.5 Å². The van der Waals surface area contributed by atoms with Crippen LogP contribution in [0.1, 0.15) is 129 Å². The minimum absolute atomic E-state index is 0.0166. The number of unbranched alkanes of at least 4 members (excludes halogenated alkanes) is 7. The van der Waals surface area contributed by atoms with Gasteiger partial charge in [0.15, 0.2) is 6.29 Å². The van der Waals surface area contributed by atoms with E-state index >= 15 is 0 Å². The smallest absolute Gasteiger partial charge is 0.397 e. The Morgan fingerprint density at radius 3 is 1.68 bits per heavy atom. The lowest BCUT2D eigenvalue weighted by molar-refractivity contribution is -0.301. The second-order valence-electron chi connectivity index (χ2n) is 14.5. The Bertz CT molecular complexity index is 1410. The predicted molar refractivity (Wildman–Crippen MR) is 238 cm³/mol. The van der Waals surface area contributed by atoms with Crippen LogP contribution in [0.25, 0.3) is 0 Å². The quantitative estimate of drug-likeness (QED) is 0.0204. The molecule has 0 amide bonds. The first kappa shape index (κ1) is 55.0. The molecular weight excluding hydrogens is 789 g/mol. The second kappa shape index (κ2) is 37.8. The molecule has 0 aliphatic carbocycles. The van der Waals surface area contributed by atoms with E-state index in [1.807, 2.05) is 0 Å². The van der Waals surface area contributed by atoms with Crippen molar-refractivity contribution in [1.29, 1.82) is 0 Å². The van der Waals surface area contributed by atoms with E-state index < -0.39 is 59.8 Å². The zero-order valence-corrected chi connectivity index (χ0v) is 37.0. The van der Waals surface area contributed by atoms with Crippen molar-refractivity contribution >= 4 is 16.4 Å². The van der Waals surface area contributed by atoms with Crippen molar-refractivity contribution < 1.29 is 56.2 Å². The average Bonchev–Trinajstić information content (AvgIpc) is 3.22. The van der Waals surface area contributed by atoms with E-state index in [1.54, 1.807) is 0 Å². The number of carbonyl (C=O) groups is 1. The number of rotatable bonds is 36. The van der Waals surface area contributed by atoms with Crippen LogP contribution in [0, 0.1) is 0 Å². The van der Waals surface area contributed by atoms with Gasteiger partial charge in [0.1, 0.15) is 30.5 Å². The number of esters is 1. The molecular formula is C47H76O12S. The van der Waals surface area contributed by atoms with Crippen LogP contribution in [-0.4, -0.2) is 97.5 Å². The lowest BCUT2D eigenvalue weighted by atomic mass is 9.99. The predicted octanol–water partition coefficient (Wildman–Crippen LogP) is 9.07. The van der Waals surface area contributed by atoms with Crippen LogP contribution in [0.3, 0.4) is 0 Å². The first-order valence-electron chi connectivity index (χ1n) is 22.0. The number of hydrogen-bond donors (Lipinski definition) is 4. The number of aliphatic hydroxyl groups excluding tert-OH is 3. The van der Waals surface area contributed by atoms with Crippen LogP contribution < -0.4 is 0 Å². The standard InChI is InChI=1S/C47H76O12S/c1-3-5-7-9-11-13-15-17-18-19-20-21-22-23-25-27-29-31-33-35-37-55-39-41(40-56-47-45(51)46(59-60(52,53)54)44(50)42(38-48)58-47)57-43(49)36-34-32-30-28-26-24-16-14-12-10-8-6-4-2/h5,7-8,10-11,13-14,16-18,20-21,23,25,29,31,41-42,44-48,50-51H,3-4,6,9,12,15,19,22,24,26-28,30,32-40H2,1-2H3,(H,52,53,54)/b7-5-,10-8-,13-11-,16-14-,18-17-,21-20-,25-23-,31-29-. The summed E-state index contributed by atoms with van der Waals surface area (Å²) in [5, 5.41) is 30.6. The number of carbonyl (C=O) groups excluding carboxylic acids is 1. The molecule has 1 aliphatic rings. The molecule has 0 saturated carbocycles. The second-order valence-corrected chi connectivity index (χ2v) is 15.6. The number of ether oxygens (including phenoxy) is 4. The van der Waals surface area contributed by atoms with Gasteiger partial charge in [0, 0.05) is 13.0 Å². The maximum absolute atomic E-state index is 12.8. The fourth-order valence-electron chi connectivity index (χ4n) is 5.90. The van der Waals surface area contributed by atoms with Crippen molar-refractivity contribution in [3.05, 3.63) is 97.2 Å². The third kappa shape index (κ3) is 31.0. The fraction of sp³-hybridized carbons (Fsp3) is 0.638. The highest BCUT2D eigenvalue weighted by Gasteiger charge is 2.48. The summed E-state index contributed by atoms with van der Waals surface area (Å²) >= 11 is 0. The van der Waals surface area contributed by atoms with E-state index in [2.05, 4.69) is 115 Å². The highest BCUT2D eigenvalue weighted by molar-refractivity contribution is 7.80. The van der Waals surface area contributed by atoms with Gasteiger partial charge in [0.05, 0.1) is 19.8 Å². The Kier molecular flexibility index (Phi) is 34.6. The third-order valence-corrected chi connectivity index (χ3v) is 9.64. The lowest BCUT2D eigenvalue weighted by Gasteiger charge is -2.41. The summed E-state index contributed by atoms with van der Waals surface area (Å²) < 4.78 is 58.9. The lowest BCUT2D eigenvalue weighted by Crippen LogP contribution is -2.60. The van der Waals surface area contributed by atoms with Crippen LogP contribution in [-0.2, 0) is 38.3 Å². The molecule has 1 aliphatic heterocycles. The Balaban J connectivity index is 2.50. The van der Waals surface area contributed by atoms with E-state index in [0.717, 1.165) is 103 Å². The largest absolute Gasteiger partial charge is 0.457 e. The van der Waals surface area contributed by atoms with Crippen LogP contribution in [0.4, 0.5) is 0 Å². The first-order chi connectivity index (χ1) is 29.1. The van der Waals surface area contributed by atoms with Crippen LogP contribution >= 0.6 is 0 Å². The minimum Gasteiger partial charge on any atom is -0.457 e. The fourth-order valence-corrected chi connectivity index (χ4v) is 6.41. The Morgan fingerprint density at radius 2 is 1.15 bits per heavy atom. The van der Waals surface area contributed by atoms with Gasteiger partial charge in [-0.2, -0.15) is 8.42 Å². The molecule has 1 heterocycles. The number of allylic oxidation sites excluding steroid dienone is 16. The van der Waals surface area contributed by atoms with Crippen LogP contribution in [0.2, 0.25) is 0 Å². The van der Waals surface area contributed by atoms with Gasteiger partial charge in [-0.3, -0.25) is 9.35 Å². The molecule has 1 rings (SSSR count). The monoisotopic (exact) mass is 865 g/mol. The molecule has 0 spiro atoms. The molecule has 4 N–H and O–H groups in total. The topological polar surface area (TPSA) is 178 Å². The average molecular weight is 865 g/mol. The molecule has 13 heteroatoms. The molecule has 1 fully saturated rings. The SMILES string of the molecule is CC/C=C\C/C=C\C/C=C\C/C=C\C/C=C\C/C=C\CCCOCC(COC1OC(CO)C(O)C(OS(=O)(=O)O)C1O)OC(=O)CCCCCCC/C=C\C/C=C\CCC. The van der Waals surface area contributed by atoms with Crippen molar-refractivity contribution in [3.8, 4) is 0 Å². The minimum atomic E-state index is -5.08. The maximum atomic E-state index is 12.8. The molecule has 0 bridgehead atoms. The van der Waals surface area contributed by atoms with E-state index in [0.29, 0.717) is 13.0 Å². The summed E-state index contributed by atoms with van der Waals surface area (Å²) in [6, 6.07) is 0. The molecule has 0 aromatic heterocycles. The molecule has 1 saturated heterocycles. The van der Waals surface area contributed by atoms with E-state index in [4.69, 9.17) is 23.5 Å². The summed E-state index contributed by atoms with van der Waals surface area (Å²) in [6.45, 7) is 3.60. The molecule has 60 heavy (non-hydrogen) atoms. The van der Waals surface area contributed by atoms with Gasteiger partial charge in [0.2, 0.25) is 0 Å².